The van der Waals surface area contributed by atoms with Crippen molar-refractivity contribution in [1.29, 1.82) is 0 Å². The van der Waals surface area contributed by atoms with E-state index in [0.29, 0.717) is 25.4 Å². The van der Waals surface area contributed by atoms with Crippen molar-refractivity contribution < 1.29 is 14.7 Å². The summed E-state index contributed by atoms with van der Waals surface area (Å²) in [5, 5.41) is 15.0. The maximum absolute atomic E-state index is 11.7. The third-order valence-corrected chi connectivity index (χ3v) is 2.85. The lowest BCUT2D eigenvalue weighted by atomic mass is 10.2. The lowest BCUT2D eigenvalue weighted by Gasteiger charge is -2.06. The van der Waals surface area contributed by atoms with Gasteiger partial charge in [-0.15, -0.1) is 0 Å². The molecule has 102 valence electrons. The fourth-order valence-electron chi connectivity index (χ4n) is 1.65. The number of pyridine rings is 1. The van der Waals surface area contributed by atoms with Crippen LogP contribution in [0.3, 0.4) is 0 Å². The highest BCUT2D eigenvalue weighted by atomic mass is 16.3. The monoisotopic (exact) mass is 263 g/mol. The Labute approximate surface area is 111 Å². The summed E-state index contributed by atoms with van der Waals surface area (Å²) in [6, 6.07) is 1.82. The summed E-state index contributed by atoms with van der Waals surface area (Å²) in [6.07, 6.45) is 5.79. The summed E-state index contributed by atoms with van der Waals surface area (Å²) < 4.78 is 0. The molecule has 0 spiro atoms. The third kappa shape index (κ3) is 4.24. The van der Waals surface area contributed by atoms with Crippen LogP contribution >= 0.6 is 0 Å². The molecule has 19 heavy (non-hydrogen) atoms. The highest BCUT2D eigenvalue weighted by molar-refractivity contribution is 5.96. The van der Waals surface area contributed by atoms with Crippen LogP contribution in [0.1, 0.15) is 36.0 Å². The number of carbonyl (C=O) groups is 2. The molecule has 2 amide bonds. The van der Waals surface area contributed by atoms with E-state index in [1.54, 1.807) is 0 Å². The highest BCUT2D eigenvalue weighted by Crippen LogP contribution is 2.18. The largest absolute Gasteiger partial charge is 0.505 e. The van der Waals surface area contributed by atoms with Crippen molar-refractivity contribution in [1.82, 2.24) is 15.6 Å². The van der Waals surface area contributed by atoms with Crippen molar-refractivity contribution in [3.8, 4) is 5.75 Å². The lowest BCUT2D eigenvalue weighted by Crippen LogP contribution is -2.28. The summed E-state index contributed by atoms with van der Waals surface area (Å²) in [7, 11) is 0. The number of hydrogen-bond donors (Lipinski definition) is 3. The molecule has 6 heteroatoms. The molecule has 0 radical (unpaired) electrons. The summed E-state index contributed by atoms with van der Waals surface area (Å²) in [5.41, 5.74) is 0.192. The van der Waals surface area contributed by atoms with Gasteiger partial charge < -0.3 is 15.7 Å². The van der Waals surface area contributed by atoms with Crippen LogP contribution in [0, 0.1) is 0 Å². The van der Waals surface area contributed by atoms with E-state index in [4.69, 9.17) is 0 Å². The van der Waals surface area contributed by atoms with Gasteiger partial charge in [0.05, 0.1) is 11.8 Å². The number of nitrogens with zero attached hydrogens (tertiary/aromatic N) is 1. The van der Waals surface area contributed by atoms with Crippen molar-refractivity contribution in [3.05, 3.63) is 24.0 Å². The summed E-state index contributed by atoms with van der Waals surface area (Å²) in [4.78, 5) is 26.8. The summed E-state index contributed by atoms with van der Waals surface area (Å²) in [5.74, 6) is -0.475. The van der Waals surface area contributed by atoms with Crippen LogP contribution < -0.4 is 10.6 Å². The molecule has 0 aromatic carbocycles. The molecule has 0 unspecified atom stereocenters. The van der Waals surface area contributed by atoms with Crippen molar-refractivity contribution >= 4 is 11.8 Å². The molecule has 1 aliphatic carbocycles. The molecule has 1 aliphatic rings. The first-order valence-corrected chi connectivity index (χ1v) is 6.37. The minimum Gasteiger partial charge on any atom is -0.505 e. The molecule has 1 heterocycles. The number of carbonyl (C=O) groups excluding carboxylic acids is 2. The molecule has 0 saturated heterocycles. The average Bonchev–Trinajstić information content (AvgIpc) is 3.19. The Morgan fingerprint density at radius 3 is 2.89 bits per heavy atom. The second kappa shape index (κ2) is 6.17. The van der Waals surface area contributed by atoms with Crippen LogP contribution in [0.2, 0.25) is 0 Å². The quantitative estimate of drug-likeness (QED) is 0.655. The van der Waals surface area contributed by atoms with Crippen LogP contribution in [-0.4, -0.2) is 34.5 Å². The van der Waals surface area contributed by atoms with Gasteiger partial charge in [-0.25, -0.2) is 0 Å². The normalized spacial score (nSPS) is 13.9. The first-order chi connectivity index (χ1) is 9.16. The predicted molar refractivity (Wildman–Crippen MR) is 68.6 cm³/mol. The Hall–Kier alpha value is -2.11. The molecule has 2 rings (SSSR count). The van der Waals surface area contributed by atoms with Gasteiger partial charge in [-0.2, -0.15) is 0 Å². The van der Waals surface area contributed by atoms with Crippen molar-refractivity contribution in [2.24, 2.45) is 0 Å². The number of nitrogens with one attached hydrogen (secondary N) is 2. The van der Waals surface area contributed by atoms with E-state index in [0.717, 1.165) is 12.8 Å². The van der Waals surface area contributed by atoms with Crippen molar-refractivity contribution in [3.63, 3.8) is 0 Å². The minimum atomic E-state index is -0.359. The van der Waals surface area contributed by atoms with Gasteiger partial charge in [0.2, 0.25) is 5.91 Å². The Bertz CT molecular complexity index is 472. The minimum absolute atomic E-state index is 0.0310. The standard InChI is InChI=1S/C13H17N3O3/c17-11-8-14-7-5-10(11)13(19)15-6-1-2-12(18)16-9-3-4-9/h5,7-9,17H,1-4,6H2,(H,15,19)(H,16,18). The van der Waals surface area contributed by atoms with E-state index in [9.17, 15) is 14.7 Å². The van der Waals surface area contributed by atoms with Gasteiger partial charge in [-0.1, -0.05) is 0 Å². The van der Waals surface area contributed by atoms with Crippen LogP contribution in [0.5, 0.6) is 5.75 Å². The maximum atomic E-state index is 11.7. The van der Waals surface area contributed by atoms with E-state index in [1.807, 2.05) is 0 Å². The molecular weight excluding hydrogens is 246 g/mol. The average molecular weight is 263 g/mol. The Balaban J connectivity index is 1.66. The number of hydrogen-bond acceptors (Lipinski definition) is 4. The molecule has 0 aliphatic heterocycles. The van der Waals surface area contributed by atoms with Crippen LogP contribution in [0.4, 0.5) is 0 Å². The summed E-state index contributed by atoms with van der Waals surface area (Å²) in [6.45, 7) is 0.401. The van der Waals surface area contributed by atoms with Gasteiger partial charge >= 0.3 is 0 Å². The van der Waals surface area contributed by atoms with Crippen molar-refractivity contribution in [2.75, 3.05) is 6.54 Å². The Kier molecular flexibility index (Phi) is 4.33. The topological polar surface area (TPSA) is 91.3 Å². The zero-order chi connectivity index (χ0) is 13.7. The van der Waals surface area contributed by atoms with E-state index in [2.05, 4.69) is 15.6 Å². The Morgan fingerprint density at radius 2 is 2.21 bits per heavy atom. The van der Waals surface area contributed by atoms with Gasteiger partial charge in [-0.05, 0) is 25.3 Å². The first-order valence-electron chi connectivity index (χ1n) is 6.37. The third-order valence-electron chi connectivity index (χ3n) is 2.85. The summed E-state index contributed by atoms with van der Waals surface area (Å²) >= 11 is 0. The fourth-order valence-corrected chi connectivity index (χ4v) is 1.65. The zero-order valence-corrected chi connectivity index (χ0v) is 10.6. The maximum Gasteiger partial charge on any atom is 0.255 e. The number of rotatable bonds is 6. The van der Waals surface area contributed by atoms with Crippen LogP contribution in [0.25, 0.3) is 0 Å². The predicted octanol–water partition coefficient (Wildman–Crippen LogP) is 0.576. The van der Waals surface area contributed by atoms with E-state index < -0.39 is 0 Å². The molecule has 0 atom stereocenters. The Morgan fingerprint density at radius 1 is 1.42 bits per heavy atom. The van der Waals surface area contributed by atoms with Crippen LogP contribution in [0.15, 0.2) is 18.5 Å². The van der Waals surface area contributed by atoms with Gasteiger partial charge in [-0.3, -0.25) is 14.6 Å². The second-order valence-corrected chi connectivity index (χ2v) is 4.59. The molecule has 1 saturated carbocycles. The van der Waals surface area contributed by atoms with E-state index >= 15 is 0 Å². The van der Waals surface area contributed by atoms with Gasteiger partial charge in [0.25, 0.3) is 5.91 Å². The number of aromatic hydroxyl groups is 1. The second-order valence-electron chi connectivity index (χ2n) is 4.59. The smallest absolute Gasteiger partial charge is 0.255 e. The first kappa shape index (κ1) is 13.3. The van der Waals surface area contributed by atoms with Gasteiger partial charge in [0, 0.05) is 25.2 Å². The molecular formula is C13H17N3O3. The van der Waals surface area contributed by atoms with E-state index in [-0.39, 0.29) is 23.1 Å². The molecule has 0 bridgehead atoms. The van der Waals surface area contributed by atoms with E-state index in [1.165, 1.54) is 18.5 Å². The lowest BCUT2D eigenvalue weighted by molar-refractivity contribution is -0.121. The molecule has 1 aromatic rings. The SMILES string of the molecule is O=C(CCCNC(=O)c1ccncc1O)NC1CC1. The highest BCUT2D eigenvalue weighted by Gasteiger charge is 2.22. The molecule has 1 aromatic heterocycles. The fraction of sp³-hybridized carbons (Fsp3) is 0.462. The molecule has 3 N–H and O–H groups in total. The number of amides is 2. The molecule has 1 fully saturated rings. The van der Waals surface area contributed by atoms with Gasteiger partial charge in [0.15, 0.2) is 0 Å². The van der Waals surface area contributed by atoms with Crippen LogP contribution in [-0.2, 0) is 4.79 Å². The van der Waals surface area contributed by atoms with Gasteiger partial charge in [0.1, 0.15) is 5.75 Å². The number of aromatic nitrogens is 1. The zero-order valence-electron chi connectivity index (χ0n) is 10.6. The molecule has 6 nitrogen and oxygen atoms in total. The van der Waals surface area contributed by atoms with Crippen molar-refractivity contribution in [2.45, 2.75) is 31.7 Å².